The third-order valence-electron chi connectivity index (χ3n) is 7.22. The average Bonchev–Trinajstić information content (AvgIpc) is 3.22. The number of ether oxygens (including phenoxy) is 1. The van der Waals surface area contributed by atoms with Gasteiger partial charge in [0.1, 0.15) is 17.2 Å². The molecule has 5 rings (SSSR count). The Hall–Kier alpha value is -3.34. The summed E-state index contributed by atoms with van der Waals surface area (Å²) in [6.07, 6.45) is -0.0467. The SMILES string of the molecule is Nc1cc(OC(F)(F)F)ccc1C(=O)N1CCC(c2c(F)cnc3[nH]c4c(c23)C(CO)CCC4)CC1. The number of hydrogen-bond acceptors (Lipinski definition) is 5. The molecule has 0 radical (unpaired) electrons. The fraction of sp³-hybridized carbons (Fsp3) is 0.440. The monoisotopic (exact) mass is 506 g/mol. The highest BCUT2D eigenvalue weighted by atomic mass is 19.4. The van der Waals surface area contributed by atoms with Gasteiger partial charge in [-0.15, -0.1) is 13.2 Å². The van der Waals surface area contributed by atoms with E-state index in [9.17, 15) is 23.1 Å². The number of benzene rings is 1. The molecule has 3 heterocycles. The summed E-state index contributed by atoms with van der Waals surface area (Å²) in [5, 5.41) is 10.7. The van der Waals surface area contributed by atoms with Gasteiger partial charge in [0.2, 0.25) is 0 Å². The number of pyridine rings is 1. The fourth-order valence-electron chi connectivity index (χ4n) is 5.60. The normalized spacial score (nSPS) is 18.9. The first kappa shape index (κ1) is 24.4. The number of piperidine rings is 1. The lowest BCUT2D eigenvalue weighted by Crippen LogP contribution is -2.38. The highest BCUT2D eigenvalue weighted by Crippen LogP contribution is 2.42. The van der Waals surface area contributed by atoms with Gasteiger partial charge in [-0.05, 0) is 55.7 Å². The second-order valence-electron chi connectivity index (χ2n) is 9.40. The van der Waals surface area contributed by atoms with Crippen molar-refractivity contribution in [3.05, 3.63) is 52.6 Å². The second kappa shape index (κ2) is 9.27. The van der Waals surface area contributed by atoms with Crippen molar-refractivity contribution in [3.63, 3.8) is 0 Å². The van der Waals surface area contributed by atoms with Gasteiger partial charge < -0.3 is 25.5 Å². The number of fused-ring (bicyclic) bond motifs is 3. The molecule has 2 aliphatic rings. The van der Waals surface area contributed by atoms with Crippen molar-refractivity contribution in [3.8, 4) is 5.75 Å². The molecule has 36 heavy (non-hydrogen) atoms. The number of aliphatic hydroxyl groups is 1. The van der Waals surface area contributed by atoms with Gasteiger partial charge in [0, 0.05) is 47.4 Å². The molecule has 1 aliphatic carbocycles. The van der Waals surface area contributed by atoms with E-state index in [-0.39, 0.29) is 29.7 Å². The van der Waals surface area contributed by atoms with Crippen molar-refractivity contribution in [2.45, 2.75) is 50.3 Å². The average molecular weight is 507 g/mol. The topological polar surface area (TPSA) is 104 Å². The number of aliphatic hydroxyl groups excluding tert-OH is 1. The van der Waals surface area contributed by atoms with Crippen LogP contribution in [0.25, 0.3) is 11.0 Å². The number of nitrogens with zero attached hydrogens (tertiary/aromatic N) is 2. The standard InChI is InChI=1S/C25H26F4N4O3/c26-17-11-31-23-22(21-14(12-34)2-1-3-19(21)32-23)20(17)13-6-8-33(9-7-13)24(35)16-5-4-15(10-18(16)30)36-25(27,28)29/h4-5,10-11,13-14,34H,1-3,6-9,12,30H2,(H,31,32). The number of aryl methyl sites for hydroxylation is 1. The Balaban J connectivity index is 1.36. The molecule has 1 aliphatic heterocycles. The van der Waals surface area contributed by atoms with Crippen LogP contribution in [0.5, 0.6) is 5.75 Å². The van der Waals surface area contributed by atoms with E-state index in [0.29, 0.717) is 37.1 Å². The summed E-state index contributed by atoms with van der Waals surface area (Å²) >= 11 is 0. The Morgan fingerprint density at radius 2 is 1.97 bits per heavy atom. The van der Waals surface area contributed by atoms with Crippen LogP contribution in [-0.4, -0.2) is 51.9 Å². The van der Waals surface area contributed by atoms with Gasteiger partial charge in [0.05, 0.1) is 18.4 Å². The summed E-state index contributed by atoms with van der Waals surface area (Å²) in [4.78, 5) is 22.2. The van der Waals surface area contributed by atoms with E-state index in [2.05, 4.69) is 14.7 Å². The summed E-state index contributed by atoms with van der Waals surface area (Å²) in [6.45, 7) is 0.656. The molecule has 1 saturated heterocycles. The van der Waals surface area contributed by atoms with Crippen molar-refractivity contribution in [1.29, 1.82) is 0 Å². The number of nitrogens with one attached hydrogen (secondary N) is 1. The predicted molar refractivity (Wildman–Crippen MR) is 124 cm³/mol. The number of anilines is 1. The van der Waals surface area contributed by atoms with Crippen LogP contribution >= 0.6 is 0 Å². The molecular formula is C25H26F4N4O3. The summed E-state index contributed by atoms with van der Waals surface area (Å²) in [7, 11) is 0. The summed E-state index contributed by atoms with van der Waals surface area (Å²) < 4.78 is 56.4. The number of nitrogens with two attached hydrogens (primary N) is 1. The molecule has 2 aromatic heterocycles. The Morgan fingerprint density at radius 1 is 1.22 bits per heavy atom. The highest BCUT2D eigenvalue weighted by molar-refractivity contribution is 5.99. The number of likely N-dealkylation sites (tertiary alicyclic amines) is 1. The van der Waals surface area contributed by atoms with E-state index in [1.165, 1.54) is 12.3 Å². The molecule has 0 saturated carbocycles. The maximum atomic E-state index is 15.2. The predicted octanol–water partition coefficient (Wildman–Crippen LogP) is 4.61. The minimum atomic E-state index is -4.86. The van der Waals surface area contributed by atoms with Crippen molar-refractivity contribution in [1.82, 2.24) is 14.9 Å². The largest absolute Gasteiger partial charge is 0.573 e. The molecule has 1 aromatic carbocycles. The molecule has 3 aromatic rings. The smallest absolute Gasteiger partial charge is 0.406 e. The van der Waals surface area contributed by atoms with Gasteiger partial charge in [-0.3, -0.25) is 4.79 Å². The van der Waals surface area contributed by atoms with Crippen LogP contribution in [-0.2, 0) is 6.42 Å². The quantitative estimate of drug-likeness (QED) is 0.354. The zero-order chi connectivity index (χ0) is 25.6. The van der Waals surface area contributed by atoms with E-state index < -0.39 is 23.8 Å². The maximum absolute atomic E-state index is 15.2. The Kier molecular flexibility index (Phi) is 6.27. The number of nitrogen functional groups attached to an aromatic ring is 1. The first-order valence-electron chi connectivity index (χ1n) is 11.9. The number of hydrogen-bond donors (Lipinski definition) is 3. The molecule has 1 atom stereocenters. The molecule has 7 nitrogen and oxygen atoms in total. The first-order valence-corrected chi connectivity index (χ1v) is 11.9. The van der Waals surface area contributed by atoms with Gasteiger partial charge in [0.15, 0.2) is 0 Å². The summed E-state index contributed by atoms with van der Waals surface area (Å²) in [6, 6.07) is 3.25. The van der Waals surface area contributed by atoms with Gasteiger partial charge in [-0.2, -0.15) is 0 Å². The molecular weight excluding hydrogens is 480 g/mol. The lowest BCUT2D eigenvalue weighted by molar-refractivity contribution is -0.274. The van der Waals surface area contributed by atoms with E-state index in [4.69, 9.17) is 5.73 Å². The number of alkyl halides is 3. The van der Waals surface area contributed by atoms with E-state index in [1.807, 2.05) is 0 Å². The first-order chi connectivity index (χ1) is 17.2. The molecule has 1 fully saturated rings. The van der Waals surface area contributed by atoms with Gasteiger partial charge >= 0.3 is 6.36 Å². The zero-order valence-electron chi connectivity index (χ0n) is 19.4. The van der Waals surface area contributed by atoms with Crippen molar-refractivity contribution in [2.24, 2.45) is 0 Å². The fourth-order valence-corrected chi connectivity index (χ4v) is 5.60. The summed E-state index contributed by atoms with van der Waals surface area (Å²) in [5.74, 6) is -1.52. The number of carbonyl (C=O) groups is 1. The van der Waals surface area contributed by atoms with Crippen LogP contribution in [0.15, 0.2) is 24.4 Å². The minimum absolute atomic E-state index is 0.0168. The highest BCUT2D eigenvalue weighted by Gasteiger charge is 2.34. The number of H-pyrrole nitrogens is 1. The second-order valence-corrected chi connectivity index (χ2v) is 9.40. The third-order valence-corrected chi connectivity index (χ3v) is 7.22. The number of carbonyl (C=O) groups excluding carboxylic acids is 1. The molecule has 0 spiro atoms. The number of halogens is 4. The molecule has 1 amide bonds. The molecule has 1 unspecified atom stereocenters. The van der Waals surface area contributed by atoms with Crippen LogP contribution in [0.3, 0.4) is 0 Å². The van der Waals surface area contributed by atoms with Crippen molar-refractivity contribution in [2.75, 3.05) is 25.4 Å². The number of aromatic amines is 1. The Labute approximate surface area is 204 Å². The molecule has 192 valence electrons. The van der Waals surface area contributed by atoms with E-state index >= 15 is 4.39 Å². The number of rotatable bonds is 4. The van der Waals surface area contributed by atoms with E-state index in [1.54, 1.807) is 4.90 Å². The van der Waals surface area contributed by atoms with E-state index in [0.717, 1.165) is 48.0 Å². The lowest BCUT2D eigenvalue weighted by Gasteiger charge is -2.33. The lowest BCUT2D eigenvalue weighted by atomic mass is 9.81. The minimum Gasteiger partial charge on any atom is -0.406 e. The van der Waals surface area contributed by atoms with Crippen molar-refractivity contribution < 1.29 is 32.2 Å². The van der Waals surface area contributed by atoms with Crippen LogP contribution in [0.2, 0.25) is 0 Å². The van der Waals surface area contributed by atoms with Gasteiger partial charge in [0.25, 0.3) is 5.91 Å². The number of amides is 1. The number of aromatic nitrogens is 2. The Bertz CT molecular complexity index is 1300. The molecule has 4 N–H and O–H groups in total. The van der Waals surface area contributed by atoms with Crippen LogP contribution < -0.4 is 10.5 Å². The summed E-state index contributed by atoms with van der Waals surface area (Å²) in [5.41, 5.74) is 8.96. The van der Waals surface area contributed by atoms with Crippen LogP contribution in [0, 0.1) is 5.82 Å². The molecule has 0 bridgehead atoms. The van der Waals surface area contributed by atoms with Gasteiger partial charge in [-0.1, -0.05) is 0 Å². The maximum Gasteiger partial charge on any atom is 0.573 e. The van der Waals surface area contributed by atoms with Crippen LogP contribution in [0.4, 0.5) is 23.2 Å². The molecule has 11 heteroatoms. The third kappa shape index (κ3) is 4.47. The Morgan fingerprint density at radius 3 is 2.64 bits per heavy atom. The van der Waals surface area contributed by atoms with Gasteiger partial charge in [-0.25, -0.2) is 9.37 Å². The zero-order valence-corrected chi connectivity index (χ0v) is 19.4. The van der Waals surface area contributed by atoms with Crippen molar-refractivity contribution >= 4 is 22.6 Å². The van der Waals surface area contributed by atoms with Crippen LogP contribution in [0.1, 0.15) is 64.7 Å².